The molecule has 0 aliphatic carbocycles. The molecule has 0 aromatic heterocycles. The molecule has 1 aliphatic heterocycles. The zero-order valence-electron chi connectivity index (χ0n) is 16.3. The van der Waals surface area contributed by atoms with Crippen molar-refractivity contribution in [2.24, 2.45) is 0 Å². The Balaban J connectivity index is 1.80. The van der Waals surface area contributed by atoms with Crippen LogP contribution in [-0.4, -0.2) is 23.8 Å². The molecular weight excluding hydrogens is 368 g/mol. The molecule has 0 radical (unpaired) electrons. The number of carbonyl (C=O) groups is 1. The van der Waals surface area contributed by atoms with Crippen molar-refractivity contribution in [2.45, 2.75) is 38.4 Å². The molecule has 3 aromatic carbocycles. The van der Waals surface area contributed by atoms with Gasteiger partial charge in [0.1, 0.15) is 5.75 Å². The van der Waals surface area contributed by atoms with Gasteiger partial charge in [-0.2, -0.15) is 0 Å². The topological polar surface area (TPSA) is 65.0 Å². The van der Waals surface area contributed by atoms with Gasteiger partial charge in [-0.15, -0.1) is 0 Å². The second kappa shape index (κ2) is 8.43. The van der Waals surface area contributed by atoms with E-state index in [1.54, 1.807) is 18.2 Å². The van der Waals surface area contributed by atoms with E-state index in [1.165, 1.54) is 0 Å². The normalized spacial score (nSPS) is 17.8. The molecule has 5 nitrogen and oxygen atoms in total. The Labute approximate surface area is 169 Å². The van der Waals surface area contributed by atoms with Crippen LogP contribution in [-0.2, 0) is 4.79 Å². The quantitative estimate of drug-likeness (QED) is 0.547. The largest absolute Gasteiger partial charge is 0.493 e. The molecular formula is C24H24O5. The molecule has 150 valence electrons. The van der Waals surface area contributed by atoms with Gasteiger partial charge >= 0.3 is 5.97 Å². The van der Waals surface area contributed by atoms with Crippen LogP contribution >= 0.6 is 0 Å². The summed E-state index contributed by atoms with van der Waals surface area (Å²) in [7, 11) is 0. The third-order valence-electron chi connectivity index (χ3n) is 5.10. The van der Waals surface area contributed by atoms with E-state index in [0.29, 0.717) is 29.4 Å². The average Bonchev–Trinajstić information content (AvgIpc) is 2.75. The van der Waals surface area contributed by atoms with Crippen molar-refractivity contribution in [1.82, 2.24) is 0 Å². The summed E-state index contributed by atoms with van der Waals surface area (Å²) in [6.07, 6.45) is 1.13. The highest BCUT2D eigenvalue weighted by Gasteiger charge is 2.40. The van der Waals surface area contributed by atoms with Crippen LogP contribution in [0.5, 0.6) is 17.2 Å². The Morgan fingerprint density at radius 3 is 2.45 bits per heavy atom. The summed E-state index contributed by atoms with van der Waals surface area (Å²) in [6.45, 7) is 2.71. The first kappa shape index (κ1) is 19.1. The molecule has 0 fully saturated rings. The summed E-state index contributed by atoms with van der Waals surface area (Å²) in [5.41, 5.74) is 0.710. The van der Waals surface area contributed by atoms with Crippen LogP contribution in [0.15, 0.2) is 60.7 Å². The lowest BCUT2D eigenvalue weighted by molar-refractivity contribution is -0.151. The smallest absolute Gasteiger partial charge is 0.349 e. The predicted octanol–water partition coefficient (Wildman–Crippen LogP) is 5.37. The Bertz CT molecular complexity index is 1010. The molecule has 3 aromatic rings. The van der Waals surface area contributed by atoms with Gasteiger partial charge in [-0.1, -0.05) is 62.2 Å². The highest BCUT2D eigenvalue weighted by molar-refractivity contribution is 5.89. The van der Waals surface area contributed by atoms with Gasteiger partial charge in [-0.3, -0.25) is 0 Å². The highest BCUT2D eigenvalue weighted by atomic mass is 16.6. The summed E-state index contributed by atoms with van der Waals surface area (Å²) in [5, 5.41) is 11.8. The molecule has 0 bridgehead atoms. The fraction of sp³-hybridized carbons (Fsp3) is 0.292. The fourth-order valence-electron chi connectivity index (χ4n) is 3.66. The molecule has 0 spiro atoms. The Morgan fingerprint density at radius 2 is 1.69 bits per heavy atom. The molecule has 0 saturated carbocycles. The molecule has 29 heavy (non-hydrogen) atoms. The van der Waals surface area contributed by atoms with Crippen molar-refractivity contribution in [1.29, 1.82) is 0 Å². The van der Waals surface area contributed by atoms with Crippen molar-refractivity contribution in [3.63, 3.8) is 0 Å². The van der Waals surface area contributed by atoms with Crippen molar-refractivity contribution < 1.29 is 24.1 Å². The number of rotatable bonds is 7. The molecule has 0 amide bonds. The van der Waals surface area contributed by atoms with Crippen LogP contribution in [0.2, 0.25) is 0 Å². The monoisotopic (exact) mass is 392 g/mol. The number of ether oxygens (including phenoxy) is 3. The van der Waals surface area contributed by atoms with Crippen molar-refractivity contribution in [3.05, 3.63) is 66.2 Å². The summed E-state index contributed by atoms with van der Waals surface area (Å²) in [5.74, 6) is 0.523. The molecule has 2 atom stereocenters. The minimum atomic E-state index is -1.17. The van der Waals surface area contributed by atoms with Gasteiger partial charge in [-0.05, 0) is 35.4 Å². The first-order chi connectivity index (χ1) is 14.2. The lowest BCUT2D eigenvalue weighted by Gasteiger charge is -2.33. The Morgan fingerprint density at radius 1 is 0.966 bits per heavy atom. The summed E-state index contributed by atoms with van der Waals surface area (Å²) < 4.78 is 18.1. The SMILES string of the molecule is CCCCCOc1ccc2ccccc2c1C1Oc2ccccc2OC1C(=O)O. The standard InChI is InChI=1S/C24H24O5/c1-2-3-8-15-27-20-14-13-16-9-4-5-10-17(16)21(20)22-23(24(25)26)29-19-12-7-6-11-18(19)28-22/h4-7,9-14,22-23H,2-3,8,15H2,1H3,(H,25,26). The van der Waals surface area contributed by atoms with Crippen LogP contribution in [0, 0.1) is 0 Å². The molecule has 0 saturated heterocycles. The minimum Gasteiger partial charge on any atom is -0.493 e. The molecule has 5 heteroatoms. The number of unbranched alkanes of at least 4 members (excludes halogenated alkanes) is 2. The maximum atomic E-state index is 12.0. The fourth-order valence-corrected chi connectivity index (χ4v) is 3.66. The van der Waals surface area contributed by atoms with E-state index >= 15 is 0 Å². The number of benzene rings is 3. The van der Waals surface area contributed by atoms with E-state index < -0.39 is 18.2 Å². The predicted molar refractivity (Wildman–Crippen MR) is 111 cm³/mol. The van der Waals surface area contributed by atoms with E-state index in [-0.39, 0.29) is 0 Å². The second-order valence-corrected chi connectivity index (χ2v) is 7.12. The number of carboxylic acids is 1. The van der Waals surface area contributed by atoms with Gasteiger partial charge in [0.2, 0.25) is 6.10 Å². The van der Waals surface area contributed by atoms with Crippen LogP contribution < -0.4 is 14.2 Å². The number of hydrogen-bond acceptors (Lipinski definition) is 4. The Hall–Kier alpha value is -3.21. The number of fused-ring (bicyclic) bond motifs is 2. The number of hydrogen-bond donors (Lipinski definition) is 1. The maximum Gasteiger partial charge on any atom is 0.349 e. The van der Waals surface area contributed by atoms with Gasteiger partial charge in [0, 0.05) is 5.56 Å². The van der Waals surface area contributed by atoms with Gasteiger partial charge < -0.3 is 19.3 Å². The summed E-state index contributed by atoms with van der Waals surface area (Å²) >= 11 is 0. The maximum absolute atomic E-state index is 12.0. The number of para-hydroxylation sites is 2. The molecule has 2 unspecified atom stereocenters. The van der Waals surface area contributed by atoms with E-state index in [2.05, 4.69) is 6.92 Å². The second-order valence-electron chi connectivity index (χ2n) is 7.12. The summed E-state index contributed by atoms with van der Waals surface area (Å²) in [6, 6.07) is 18.9. The van der Waals surface area contributed by atoms with E-state index in [0.717, 1.165) is 30.0 Å². The van der Waals surface area contributed by atoms with Crippen LogP contribution in [0.4, 0.5) is 0 Å². The van der Waals surface area contributed by atoms with Crippen molar-refractivity contribution in [2.75, 3.05) is 6.61 Å². The van der Waals surface area contributed by atoms with Gasteiger partial charge in [0.05, 0.1) is 6.61 Å². The van der Waals surface area contributed by atoms with Crippen LogP contribution in [0.1, 0.15) is 37.9 Å². The first-order valence-corrected chi connectivity index (χ1v) is 9.98. The molecule has 4 rings (SSSR count). The molecule has 1 N–H and O–H groups in total. The van der Waals surface area contributed by atoms with E-state index in [9.17, 15) is 9.90 Å². The van der Waals surface area contributed by atoms with Gasteiger partial charge in [-0.25, -0.2) is 4.79 Å². The molecule has 1 heterocycles. The number of aliphatic carboxylic acids is 1. The Kier molecular flexibility index (Phi) is 5.56. The van der Waals surface area contributed by atoms with Crippen LogP contribution in [0.3, 0.4) is 0 Å². The van der Waals surface area contributed by atoms with E-state index in [4.69, 9.17) is 14.2 Å². The van der Waals surface area contributed by atoms with Crippen molar-refractivity contribution in [3.8, 4) is 17.2 Å². The summed E-state index contributed by atoms with van der Waals surface area (Å²) in [4.78, 5) is 12.0. The van der Waals surface area contributed by atoms with Crippen LogP contribution in [0.25, 0.3) is 10.8 Å². The lowest BCUT2D eigenvalue weighted by atomic mass is 9.95. The lowest BCUT2D eigenvalue weighted by Crippen LogP contribution is -2.39. The molecule has 1 aliphatic rings. The zero-order chi connectivity index (χ0) is 20.2. The third kappa shape index (κ3) is 3.86. The van der Waals surface area contributed by atoms with Crippen molar-refractivity contribution >= 4 is 16.7 Å². The average molecular weight is 392 g/mol. The van der Waals surface area contributed by atoms with E-state index in [1.807, 2.05) is 42.5 Å². The minimum absolute atomic E-state index is 0.432. The highest BCUT2D eigenvalue weighted by Crippen LogP contribution is 2.44. The first-order valence-electron chi connectivity index (χ1n) is 9.98. The number of carboxylic acid groups (broad SMARTS) is 1. The third-order valence-corrected chi connectivity index (χ3v) is 5.10. The zero-order valence-corrected chi connectivity index (χ0v) is 16.3. The van der Waals surface area contributed by atoms with Gasteiger partial charge in [0.15, 0.2) is 17.6 Å². The van der Waals surface area contributed by atoms with Gasteiger partial charge in [0.25, 0.3) is 0 Å².